The predicted octanol–water partition coefficient (Wildman–Crippen LogP) is 2.42. The number of halogens is 1. The van der Waals surface area contributed by atoms with Crippen LogP contribution in [0.1, 0.15) is 5.76 Å². The summed E-state index contributed by atoms with van der Waals surface area (Å²) in [5.41, 5.74) is 0. The molecular formula is C9H12ClNO. The maximum atomic E-state index is 5.93. The normalized spacial score (nSPS) is 12.5. The molecule has 12 heavy (non-hydrogen) atoms. The zero-order chi connectivity index (χ0) is 8.97. The monoisotopic (exact) mass is 185 g/mol. The van der Waals surface area contributed by atoms with Crippen LogP contribution in [0.4, 0.5) is 0 Å². The van der Waals surface area contributed by atoms with Crippen molar-refractivity contribution >= 4 is 16.6 Å². The smallest absolute Gasteiger partial charge is 0.144 e. The van der Waals surface area contributed by atoms with Crippen molar-refractivity contribution in [2.75, 3.05) is 20.6 Å². The van der Waals surface area contributed by atoms with Crippen LogP contribution in [0.15, 0.2) is 28.9 Å². The molecule has 0 amide bonds. The van der Waals surface area contributed by atoms with Crippen LogP contribution in [0.2, 0.25) is 0 Å². The summed E-state index contributed by atoms with van der Waals surface area (Å²) < 4.78 is 5.11. The average molecular weight is 186 g/mol. The quantitative estimate of drug-likeness (QED) is 0.719. The van der Waals surface area contributed by atoms with Crippen molar-refractivity contribution in [2.45, 2.75) is 0 Å². The lowest BCUT2D eigenvalue weighted by molar-refractivity contribution is 0.456. The number of likely N-dealkylation sites (N-methyl/N-ethyl adjacent to an activating group) is 1. The highest BCUT2D eigenvalue weighted by molar-refractivity contribution is 6.48. The van der Waals surface area contributed by atoms with Crippen LogP contribution in [0.3, 0.4) is 0 Å². The Balaban J connectivity index is 2.59. The van der Waals surface area contributed by atoms with Gasteiger partial charge in [0.15, 0.2) is 0 Å². The number of furan rings is 1. The minimum Gasteiger partial charge on any atom is -0.463 e. The second kappa shape index (κ2) is 4.33. The fourth-order valence-corrected chi connectivity index (χ4v) is 0.954. The molecule has 0 bridgehead atoms. The number of rotatable bonds is 3. The van der Waals surface area contributed by atoms with Gasteiger partial charge in [0.05, 0.1) is 11.3 Å². The fourth-order valence-electron chi connectivity index (χ4n) is 0.778. The topological polar surface area (TPSA) is 16.4 Å². The highest BCUT2D eigenvalue weighted by atomic mass is 35.5. The van der Waals surface area contributed by atoms with Crippen LogP contribution >= 0.6 is 11.6 Å². The van der Waals surface area contributed by atoms with Crippen molar-refractivity contribution < 1.29 is 4.42 Å². The average Bonchev–Trinajstić information content (AvgIpc) is 2.51. The molecular weight excluding hydrogens is 174 g/mol. The summed E-state index contributed by atoms with van der Waals surface area (Å²) in [7, 11) is 3.98. The molecule has 1 heterocycles. The summed E-state index contributed by atoms with van der Waals surface area (Å²) >= 11 is 5.93. The molecule has 0 fully saturated rings. The van der Waals surface area contributed by atoms with E-state index in [1.54, 1.807) is 6.26 Å². The fraction of sp³-hybridized carbons (Fsp3) is 0.333. The first-order valence-corrected chi connectivity index (χ1v) is 4.12. The molecule has 0 saturated heterocycles. The van der Waals surface area contributed by atoms with Gasteiger partial charge in [-0.25, -0.2) is 0 Å². The van der Waals surface area contributed by atoms with Crippen LogP contribution in [-0.4, -0.2) is 25.5 Å². The zero-order valence-electron chi connectivity index (χ0n) is 7.25. The predicted molar refractivity (Wildman–Crippen MR) is 51.1 cm³/mol. The second-order valence-corrected chi connectivity index (χ2v) is 3.20. The molecule has 2 nitrogen and oxygen atoms in total. The van der Waals surface area contributed by atoms with Gasteiger partial charge in [0, 0.05) is 6.54 Å². The largest absolute Gasteiger partial charge is 0.463 e. The van der Waals surface area contributed by atoms with Gasteiger partial charge in [-0.3, -0.25) is 0 Å². The minimum atomic E-state index is 0.661. The molecule has 0 spiro atoms. The first kappa shape index (κ1) is 9.36. The van der Waals surface area contributed by atoms with Gasteiger partial charge in [0.1, 0.15) is 5.76 Å². The molecule has 1 aromatic rings. The van der Waals surface area contributed by atoms with Gasteiger partial charge >= 0.3 is 0 Å². The van der Waals surface area contributed by atoms with E-state index in [0.717, 1.165) is 12.3 Å². The summed E-state index contributed by atoms with van der Waals surface area (Å²) in [6.45, 7) is 0.819. The van der Waals surface area contributed by atoms with Crippen molar-refractivity contribution in [3.05, 3.63) is 30.2 Å². The second-order valence-electron chi connectivity index (χ2n) is 2.79. The van der Waals surface area contributed by atoms with Crippen molar-refractivity contribution in [3.63, 3.8) is 0 Å². The van der Waals surface area contributed by atoms with E-state index < -0.39 is 0 Å². The Bertz CT molecular complexity index is 252. The Kier molecular flexibility index (Phi) is 3.38. The lowest BCUT2D eigenvalue weighted by Gasteiger charge is -2.04. The third kappa shape index (κ3) is 2.72. The molecule has 0 unspecified atom stereocenters. The number of hydrogen-bond acceptors (Lipinski definition) is 2. The molecule has 0 aliphatic carbocycles. The highest BCUT2D eigenvalue weighted by Gasteiger charge is 1.99. The van der Waals surface area contributed by atoms with Gasteiger partial charge in [-0.1, -0.05) is 11.6 Å². The molecule has 3 heteroatoms. The van der Waals surface area contributed by atoms with Crippen LogP contribution in [-0.2, 0) is 0 Å². The van der Waals surface area contributed by atoms with Gasteiger partial charge < -0.3 is 9.32 Å². The van der Waals surface area contributed by atoms with E-state index in [1.807, 2.05) is 37.2 Å². The van der Waals surface area contributed by atoms with Crippen molar-refractivity contribution in [1.29, 1.82) is 0 Å². The van der Waals surface area contributed by atoms with Crippen molar-refractivity contribution in [3.8, 4) is 0 Å². The summed E-state index contributed by atoms with van der Waals surface area (Å²) in [6, 6.07) is 3.66. The van der Waals surface area contributed by atoms with Gasteiger partial charge in [-0.15, -0.1) is 0 Å². The van der Waals surface area contributed by atoms with E-state index in [1.165, 1.54) is 0 Å². The zero-order valence-corrected chi connectivity index (χ0v) is 8.01. The maximum absolute atomic E-state index is 5.93. The Morgan fingerprint density at radius 3 is 2.92 bits per heavy atom. The van der Waals surface area contributed by atoms with Crippen LogP contribution in [0.25, 0.3) is 5.03 Å². The van der Waals surface area contributed by atoms with Crippen molar-refractivity contribution in [2.24, 2.45) is 0 Å². The molecule has 1 aromatic heterocycles. The Morgan fingerprint density at radius 2 is 2.42 bits per heavy atom. The lowest BCUT2D eigenvalue weighted by atomic mass is 10.4. The highest BCUT2D eigenvalue weighted by Crippen LogP contribution is 2.18. The third-order valence-corrected chi connectivity index (χ3v) is 1.73. The van der Waals surface area contributed by atoms with Gasteiger partial charge in [-0.05, 0) is 32.3 Å². The number of nitrogens with zero attached hydrogens (tertiary/aromatic N) is 1. The first-order chi connectivity index (χ1) is 5.70. The van der Waals surface area contributed by atoms with E-state index in [2.05, 4.69) is 0 Å². The SMILES string of the molecule is CN(C)C/C=C(\Cl)c1ccco1. The Hall–Kier alpha value is -0.730. The molecule has 0 aliphatic heterocycles. The molecule has 0 radical (unpaired) electrons. The number of hydrogen-bond donors (Lipinski definition) is 0. The van der Waals surface area contributed by atoms with Crippen molar-refractivity contribution in [1.82, 2.24) is 4.90 Å². The van der Waals surface area contributed by atoms with Gasteiger partial charge in [0.2, 0.25) is 0 Å². The van der Waals surface area contributed by atoms with Gasteiger partial charge in [-0.2, -0.15) is 0 Å². The molecule has 0 saturated carbocycles. The summed E-state index contributed by atoms with van der Waals surface area (Å²) in [6.07, 6.45) is 3.53. The van der Waals surface area contributed by atoms with E-state index >= 15 is 0 Å². The Morgan fingerprint density at radius 1 is 1.67 bits per heavy atom. The van der Waals surface area contributed by atoms with E-state index in [0.29, 0.717) is 5.03 Å². The Labute approximate surface area is 77.4 Å². The summed E-state index contributed by atoms with van der Waals surface area (Å²) in [5, 5.41) is 0.661. The first-order valence-electron chi connectivity index (χ1n) is 3.74. The molecule has 0 atom stereocenters. The summed E-state index contributed by atoms with van der Waals surface area (Å²) in [5.74, 6) is 0.721. The van der Waals surface area contributed by atoms with Gasteiger partial charge in [0.25, 0.3) is 0 Å². The summed E-state index contributed by atoms with van der Waals surface area (Å²) in [4.78, 5) is 2.03. The molecule has 66 valence electrons. The van der Waals surface area contributed by atoms with Crippen LogP contribution in [0, 0.1) is 0 Å². The maximum Gasteiger partial charge on any atom is 0.144 e. The van der Waals surface area contributed by atoms with Crippen LogP contribution in [0.5, 0.6) is 0 Å². The van der Waals surface area contributed by atoms with E-state index in [9.17, 15) is 0 Å². The lowest BCUT2D eigenvalue weighted by Crippen LogP contribution is -2.10. The van der Waals surface area contributed by atoms with E-state index in [4.69, 9.17) is 16.0 Å². The van der Waals surface area contributed by atoms with Crippen LogP contribution < -0.4 is 0 Å². The van der Waals surface area contributed by atoms with E-state index in [-0.39, 0.29) is 0 Å². The molecule has 0 N–H and O–H groups in total. The molecule has 0 aromatic carbocycles. The molecule has 1 rings (SSSR count). The third-order valence-electron chi connectivity index (χ3n) is 1.39. The minimum absolute atomic E-state index is 0.661. The molecule has 0 aliphatic rings. The standard InChI is InChI=1S/C9H12ClNO/c1-11(2)6-5-8(10)9-4-3-7-12-9/h3-5,7H,6H2,1-2H3/b8-5-.